The smallest absolute Gasteiger partial charge is 0.276 e. The number of nitrogens with zero attached hydrogens (tertiary/aromatic N) is 4. The van der Waals surface area contributed by atoms with Crippen LogP contribution in [0, 0.1) is 28.4 Å². The van der Waals surface area contributed by atoms with Crippen LogP contribution in [-0.2, 0) is 0 Å². The fourth-order valence-electron chi connectivity index (χ4n) is 2.23. The van der Waals surface area contributed by atoms with Gasteiger partial charge in [-0.15, -0.1) is 0 Å². The summed E-state index contributed by atoms with van der Waals surface area (Å²) in [5.41, 5.74) is 2.10. The lowest BCUT2D eigenvalue weighted by atomic mass is 10.1. The summed E-state index contributed by atoms with van der Waals surface area (Å²) in [5.74, 6) is 0.356. The van der Waals surface area contributed by atoms with E-state index in [2.05, 4.69) is 10.1 Å². The number of benzene rings is 2. The Morgan fingerprint density at radius 2 is 1.96 bits per heavy atom. The average molecular weight is 332 g/mol. The summed E-state index contributed by atoms with van der Waals surface area (Å²) in [6.07, 6.45) is 1.37. The molecule has 0 fully saturated rings. The van der Waals surface area contributed by atoms with Crippen LogP contribution < -0.4 is 0 Å². The van der Waals surface area contributed by atoms with Gasteiger partial charge >= 0.3 is 0 Å². The molecule has 0 N–H and O–H groups in total. The lowest BCUT2D eigenvalue weighted by Crippen LogP contribution is -1.91. The number of nitro benzene ring substituents is 1. The van der Waals surface area contributed by atoms with E-state index >= 15 is 0 Å². The minimum Gasteiger partial charge on any atom is -0.333 e. The van der Waals surface area contributed by atoms with Crippen molar-refractivity contribution in [3.8, 4) is 17.5 Å². The molecular weight excluding hydrogens is 320 g/mol. The predicted molar refractivity (Wildman–Crippen MR) is 91.1 cm³/mol. The van der Waals surface area contributed by atoms with Crippen molar-refractivity contribution in [2.45, 2.75) is 6.92 Å². The van der Waals surface area contributed by atoms with Crippen molar-refractivity contribution in [1.29, 1.82) is 5.26 Å². The van der Waals surface area contributed by atoms with Crippen molar-refractivity contribution in [2.75, 3.05) is 0 Å². The zero-order valence-electron chi connectivity index (χ0n) is 13.2. The molecule has 0 amide bonds. The van der Waals surface area contributed by atoms with Crippen LogP contribution >= 0.6 is 0 Å². The molecular formula is C18H12N4O3. The van der Waals surface area contributed by atoms with Crippen LogP contribution in [0.15, 0.2) is 53.1 Å². The molecule has 7 nitrogen and oxygen atoms in total. The second-order valence-corrected chi connectivity index (χ2v) is 5.27. The van der Waals surface area contributed by atoms with Crippen molar-refractivity contribution in [3.05, 3.63) is 75.7 Å². The minimum atomic E-state index is -0.508. The lowest BCUT2D eigenvalue weighted by molar-refractivity contribution is -0.385. The first-order chi connectivity index (χ1) is 12.1. The van der Waals surface area contributed by atoms with Crippen LogP contribution in [0.25, 0.3) is 23.0 Å². The number of hydrogen-bond donors (Lipinski definition) is 0. The quantitative estimate of drug-likeness (QED) is 0.406. The zero-order chi connectivity index (χ0) is 17.8. The first-order valence-corrected chi connectivity index (χ1v) is 7.35. The van der Waals surface area contributed by atoms with E-state index in [4.69, 9.17) is 4.52 Å². The second-order valence-electron chi connectivity index (χ2n) is 5.27. The van der Waals surface area contributed by atoms with Gasteiger partial charge in [-0.1, -0.05) is 47.1 Å². The molecule has 2 aromatic carbocycles. The molecule has 7 heteroatoms. The maximum absolute atomic E-state index is 11.1. The third kappa shape index (κ3) is 3.43. The van der Waals surface area contributed by atoms with Crippen molar-refractivity contribution in [2.24, 2.45) is 0 Å². The number of aromatic nitrogens is 2. The van der Waals surface area contributed by atoms with Gasteiger partial charge in [0.2, 0.25) is 5.82 Å². The normalized spacial score (nSPS) is 11.1. The molecule has 0 atom stereocenters. The van der Waals surface area contributed by atoms with Gasteiger partial charge in [-0.2, -0.15) is 10.2 Å². The van der Waals surface area contributed by atoms with Crippen LogP contribution in [-0.4, -0.2) is 15.1 Å². The van der Waals surface area contributed by atoms with Crippen molar-refractivity contribution >= 4 is 17.3 Å². The monoisotopic (exact) mass is 332 g/mol. The Hall–Kier alpha value is -3.79. The Morgan fingerprint density at radius 3 is 2.64 bits per heavy atom. The highest BCUT2D eigenvalue weighted by Crippen LogP contribution is 2.25. The van der Waals surface area contributed by atoms with E-state index in [1.165, 1.54) is 12.1 Å². The first kappa shape index (κ1) is 16.1. The number of rotatable bonds is 4. The number of para-hydroxylation sites is 1. The fraction of sp³-hybridized carbons (Fsp3) is 0.0556. The summed E-state index contributed by atoms with van der Waals surface area (Å²) in [6, 6.07) is 15.6. The van der Waals surface area contributed by atoms with Crippen LogP contribution in [0.2, 0.25) is 0 Å². The summed E-state index contributed by atoms with van der Waals surface area (Å²) >= 11 is 0. The van der Waals surface area contributed by atoms with Gasteiger partial charge in [-0.05, 0) is 19.1 Å². The molecule has 0 unspecified atom stereocenters. The van der Waals surface area contributed by atoms with Gasteiger partial charge in [-0.25, -0.2) is 0 Å². The van der Waals surface area contributed by atoms with E-state index in [-0.39, 0.29) is 17.2 Å². The molecule has 25 heavy (non-hydrogen) atoms. The lowest BCUT2D eigenvalue weighted by Gasteiger charge is -1.97. The van der Waals surface area contributed by atoms with Gasteiger partial charge in [-0.3, -0.25) is 10.1 Å². The van der Waals surface area contributed by atoms with Gasteiger partial charge in [0.1, 0.15) is 11.6 Å². The molecule has 0 radical (unpaired) electrons. The fourth-order valence-corrected chi connectivity index (χ4v) is 2.23. The van der Waals surface area contributed by atoms with Gasteiger partial charge in [0, 0.05) is 11.6 Å². The molecule has 0 bridgehead atoms. The molecule has 1 heterocycles. The Bertz CT molecular complexity index is 998. The average Bonchev–Trinajstić information content (AvgIpc) is 3.10. The van der Waals surface area contributed by atoms with E-state index in [1.54, 1.807) is 18.2 Å². The number of hydrogen-bond acceptors (Lipinski definition) is 6. The largest absolute Gasteiger partial charge is 0.333 e. The van der Waals surface area contributed by atoms with Crippen molar-refractivity contribution in [1.82, 2.24) is 10.1 Å². The van der Waals surface area contributed by atoms with Gasteiger partial charge in [0.05, 0.1) is 10.5 Å². The van der Waals surface area contributed by atoms with Gasteiger partial charge in [0.25, 0.3) is 11.6 Å². The molecule has 0 aliphatic carbocycles. The zero-order valence-corrected chi connectivity index (χ0v) is 13.2. The van der Waals surface area contributed by atoms with Crippen molar-refractivity contribution < 1.29 is 9.45 Å². The van der Waals surface area contributed by atoms with E-state index < -0.39 is 4.92 Å². The predicted octanol–water partition coefficient (Wildman–Crippen LogP) is 4.02. The molecule has 3 aromatic rings. The van der Waals surface area contributed by atoms with Gasteiger partial charge < -0.3 is 4.52 Å². The molecule has 0 spiro atoms. The molecule has 0 saturated heterocycles. The minimum absolute atomic E-state index is 0.0104. The topological polar surface area (TPSA) is 106 Å². The maximum Gasteiger partial charge on any atom is 0.276 e. The maximum atomic E-state index is 11.1. The third-order valence-corrected chi connectivity index (χ3v) is 3.52. The summed E-state index contributed by atoms with van der Waals surface area (Å²) in [4.78, 5) is 14.8. The summed E-state index contributed by atoms with van der Waals surface area (Å²) in [7, 11) is 0. The van der Waals surface area contributed by atoms with E-state index in [9.17, 15) is 15.4 Å². The van der Waals surface area contributed by atoms with Crippen LogP contribution in [0.5, 0.6) is 0 Å². The van der Waals surface area contributed by atoms with Gasteiger partial charge in [0.15, 0.2) is 0 Å². The number of nitro groups is 1. The van der Waals surface area contributed by atoms with Crippen molar-refractivity contribution in [3.63, 3.8) is 0 Å². The number of nitriles is 1. The second kappa shape index (κ2) is 6.76. The van der Waals surface area contributed by atoms with E-state index in [0.717, 1.165) is 11.1 Å². The Balaban J connectivity index is 1.99. The Kier molecular flexibility index (Phi) is 4.35. The molecule has 0 aliphatic heterocycles. The number of allylic oxidation sites excluding steroid dienone is 1. The van der Waals surface area contributed by atoms with E-state index in [0.29, 0.717) is 11.4 Å². The Labute approximate surface area is 143 Å². The molecule has 3 rings (SSSR count). The molecule has 122 valence electrons. The summed E-state index contributed by atoms with van der Waals surface area (Å²) in [6.45, 7) is 1.97. The van der Waals surface area contributed by atoms with E-state index in [1.807, 2.05) is 37.3 Å². The highest BCUT2D eigenvalue weighted by Gasteiger charge is 2.16. The molecule has 1 aromatic heterocycles. The highest BCUT2D eigenvalue weighted by atomic mass is 16.6. The summed E-state index contributed by atoms with van der Waals surface area (Å²) < 4.78 is 5.15. The first-order valence-electron chi connectivity index (χ1n) is 7.35. The van der Waals surface area contributed by atoms with Crippen LogP contribution in [0.4, 0.5) is 5.69 Å². The van der Waals surface area contributed by atoms with Crippen LogP contribution in [0.3, 0.4) is 0 Å². The van der Waals surface area contributed by atoms with Crippen LogP contribution in [0.1, 0.15) is 17.0 Å². The summed E-state index contributed by atoms with van der Waals surface area (Å²) in [5, 5.41) is 24.3. The molecule has 0 saturated carbocycles. The number of aryl methyl sites for hydroxylation is 1. The highest BCUT2D eigenvalue weighted by molar-refractivity contribution is 5.88. The Morgan fingerprint density at radius 1 is 1.24 bits per heavy atom. The third-order valence-electron chi connectivity index (χ3n) is 3.52. The SMILES string of the molecule is Cc1ccc(-c2noc(/C(C#N)=C/c3ccccc3[N+](=O)[O-])n2)cc1. The molecule has 0 aliphatic rings. The standard InChI is InChI=1S/C18H12N4O3/c1-12-6-8-13(9-7-12)17-20-18(25-21-17)15(11-19)10-14-4-2-3-5-16(14)22(23)24/h2-10H,1H3/b15-10+.